The number of aromatic hydroxyl groups is 1. The van der Waals surface area contributed by atoms with E-state index in [0.29, 0.717) is 36.9 Å². The fraction of sp³-hybridized carbons (Fsp3) is 0.481. The zero-order chi connectivity index (χ0) is 25.9. The van der Waals surface area contributed by atoms with Crippen LogP contribution in [0.2, 0.25) is 0 Å². The Balaban J connectivity index is 1.54. The summed E-state index contributed by atoms with van der Waals surface area (Å²) in [4.78, 5) is 38.1. The summed E-state index contributed by atoms with van der Waals surface area (Å²) in [6.07, 6.45) is 5.17. The Labute approximate surface area is 214 Å². The van der Waals surface area contributed by atoms with Crippen LogP contribution in [0.15, 0.2) is 35.3 Å². The maximum absolute atomic E-state index is 13.6. The molecule has 0 atom stereocenters. The second kappa shape index (κ2) is 10.9. The lowest BCUT2D eigenvalue weighted by Gasteiger charge is -2.27. The first-order chi connectivity index (χ1) is 17.9. The predicted molar refractivity (Wildman–Crippen MR) is 137 cm³/mol. The van der Waals surface area contributed by atoms with Gasteiger partial charge in [0.25, 0.3) is 11.5 Å². The number of carbonyl (C=O) groups is 1. The van der Waals surface area contributed by atoms with Gasteiger partial charge in [0.2, 0.25) is 0 Å². The van der Waals surface area contributed by atoms with E-state index >= 15 is 0 Å². The number of hydrogen-bond acceptors (Lipinski definition) is 7. The van der Waals surface area contributed by atoms with Gasteiger partial charge in [0.15, 0.2) is 11.4 Å². The van der Waals surface area contributed by atoms with E-state index in [0.717, 1.165) is 38.8 Å². The Kier molecular flexibility index (Phi) is 7.48. The number of morpholine rings is 1. The molecule has 196 valence electrons. The number of aromatic nitrogens is 3. The summed E-state index contributed by atoms with van der Waals surface area (Å²) in [7, 11) is 0. The van der Waals surface area contributed by atoms with E-state index in [-0.39, 0.29) is 35.1 Å². The van der Waals surface area contributed by atoms with Crippen molar-refractivity contribution in [1.82, 2.24) is 24.8 Å². The van der Waals surface area contributed by atoms with Gasteiger partial charge in [-0.15, -0.1) is 0 Å². The highest BCUT2D eigenvalue weighted by atomic mass is 19.1. The molecule has 0 spiro atoms. The van der Waals surface area contributed by atoms with Gasteiger partial charge in [0, 0.05) is 37.8 Å². The van der Waals surface area contributed by atoms with Crippen molar-refractivity contribution >= 4 is 17.1 Å². The second-order valence-corrected chi connectivity index (χ2v) is 10.00. The van der Waals surface area contributed by atoms with Gasteiger partial charge in [-0.05, 0) is 55.9 Å². The monoisotopic (exact) mass is 509 g/mol. The Bertz CT molecular complexity index is 1330. The van der Waals surface area contributed by atoms with E-state index in [2.05, 4.69) is 27.1 Å². The van der Waals surface area contributed by atoms with Gasteiger partial charge >= 0.3 is 0 Å². The van der Waals surface area contributed by atoms with Gasteiger partial charge in [-0.1, -0.05) is 6.92 Å². The highest BCUT2D eigenvalue weighted by molar-refractivity contribution is 6.01. The van der Waals surface area contributed by atoms with Crippen LogP contribution in [0.1, 0.15) is 43.0 Å². The maximum Gasteiger partial charge on any atom is 0.269 e. The van der Waals surface area contributed by atoms with E-state index in [1.54, 1.807) is 12.1 Å². The summed E-state index contributed by atoms with van der Waals surface area (Å²) in [6.45, 7) is 5.78. The molecule has 2 N–H and O–H groups in total. The number of pyridine rings is 1. The summed E-state index contributed by atoms with van der Waals surface area (Å²) in [5.74, 6) is -0.855. The Hall–Kier alpha value is -3.37. The van der Waals surface area contributed by atoms with Crippen molar-refractivity contribution in [3.63, 3.8) is 0 Å². The van der Waals surface area contributed by atoms with E-state index in [1.165, 1.54) is 22.9 Å². The smallest absolute Gasteiger partial charge is 0.269 e. The number of nitrogens with one attached hydrogen (secondary N) is 1. The van der Waals surface area contributed by atoms with Crippen molar-refractivity contribution in [2.45, 2.75) is 45.2 Å². The van der Waals surface area contributed by atoms with Crippen LogP contribution >= 0.6 is 0 Å². The topological polar surface area (TPSA) is 110 Å². The molecule has 2 fully saturated rings. The number of carbonyl (C=O) groups excluding carboxylic acids is 1. The molecular weight excluding hydrogens is 477 g/mol. The standard InChI is InChI=1S/C27H32FN5O4/c1-17-2-8-20(9-3-17)30-26(35)22-24(34)23-25(29-16-21(31-23)18-4-6-19(28)7-5-18)33(27(22)36)11-10-32-12-14-37-15-13-32/h4-7,16-17,20,34H,2-3,8-15H2,1H3,(H,30,35). The zero-order valence-electron chi connectivity index (χ0n) is 21.0. The number of fused-ring (bicyclic) bond motifs is 1. The first kappa shape index (κ1) is 25.3. The molecular formula is C27H32FN5O4. The van der Waals surface area contributed by atoms with Gasteiger partial charge < -0.3 is 15.2 Å². The summed E-state index contributed by atoms with van der Waals surface area (Å²) in [5, 5.41) is 14.1. The molecule has 1 amide bonds. The van der Waals surface area contributed by atoms with Crippen LogP contribution in [0, 0.1) is 11.7 Å². The molecule has 37 heavy (non-hydrogen) atoms. The SMILES string of the molecule is CC1CCC(NC(=O)c2c(O)c3nc(-c4ccc(F)cc4)cnc3n(CCN3CCOCC3)c2=O)CC1. The van der Waals surface area contributed by atoms with Crippen molar-refractivity contribution in [1.29, 1.82) is 0 Å². The molecule has 5 rings (SSSR count). The fourth-order valence-corrected chi connectivity index (χ4v) is 5.09. The fourth-order valence-electron chi connectivity index (χ4n) is 5.09. The van der Waals surface area contributed by atoms with Crippen molar-refractivity contribution < 1.29 is 19.0 Å². The molecule has 9 nitrogen and oxygen atoms in total. The minimum atomic E-state index is -0.599. The van der Waals surface area contributed by atoms with E-state index in [4.69, 9.17) is 4.74 Å². The quantitative estimate of drug-likeness (QED) is 0.526. The average Bonchev–Trinajstić information content (AvgIpc) is 2.91. The third-order valence-electron chi connectivity index (χ3n) is 7.39. The van der Waals surface area contributed by atoms with Crippen LogP contribution in [0.25, 0.3) is 22.4 Å². The van der Waals surface area contributed by atoms with Crippen LogP contribution in [0.3, 0.4) is 0 Å². The number of hydrogen-bond donors (Lipinski definition) is 2. The summed E-state index contributed by atoms with van der Waals surface area (Å²) in [5.41, 5.74) is 0.343. The van der Waals surface area contributed by atoms with Crippen molar-refractivity contribution in [2.75, 3.05) is 32.8 Å². The average molecular weight is 510 g/mol. The number of rotatable bonds is 6. The van der Waals surface area contributed by atoms with E-state index in [9.17, 15) is 19.1 Å². The number of nitrogens with zero attached hydrogens (tertiary/aromatic N) is 4. The van der Waals surface area contributed by atoms with Crippen molar-refractivity contribution in [3.05, 3.63) is 52.2 Å². The van der Waals surface area contributed by atoms with Crippen molar-refractivity contribution in [2.24, 2.45) is 5.92 Å². The first-order valence-electron chi connectivity index (χ1n) is 12.9. The van der Waals surface area contributed by atoms with Crippen molar-refractivity contribution in [3.8, 4) is 17.0 Å². The molecule has 1 saturated heterocycles. The minimum absolute atomic E-state index is 0.0448. The number of benzene rings is 1. The van der Waals surface area contributed by atoms with Crippen LogP contribution in [-0.4, -0.2) is 69.3 Å². The normalized spacial score (nSPS) is 20.7. The molecule has 0 bridgehead atoms. The Morgan fingerprint density at radius 3 is 2.54 bits per heavy atom. The molecule has 1 aromatic carbocycles. The molecule has 2 aliphatic rings. The maximum atomic E-state index is 13.6. The van der Waals surface area contributed by atoms with Crippen LogP contribution < -0.4 is 10.9 Å². The number of halogens is 1. The first-order valence-corrected chi connectivity index (χ1v) is 12.9. The van der Waals surface area contributed by atoms with E-state index in [1.807, 2.05) is 0 Å². The second-order valence-electron chi connectivity index (χ2n) is 10.00. The molecule has 3 heterocycles. The molecule has 2 aromatic heterocycles. The summed E-state index contributed by atoms with van der Waals surface area (Å²) in [6, 6.07) is 5.71. The number of ether oxygens (including phenoxy) is 1. The van der Waals surface area contributed by atoms with Gasteiger partial charge in [0.1, 0.15) is 16.9 Å². The molecule has 1 aliphatic carbocycles. The van der Waals surface area contributed by atoms with Crippen LogP contribution in [0.4, 0.5) is 4.39 Å². The lowest BCUT2D eigenvalue weighted by molar-refractivity contribution is 0.0364. The Morgan fingerprint density at radius 1 is 1.14 bits per heavy atom. The summed E-state index contributed by atoms with van der Waals surface area (Å²) >= 11 is 0. The lowest BCUT2D eigenvalue weighted by atomic mass is 9.87. The van der Waals surface area contributed by atoms with Gasteiger partial charge in [-0.25, -0.2) is 14.4 Å². The van der Waals surface area contributed by atoms with Gasteiger partial charge in [-0.3, -0.25) is 19.1 Å². The Morgan fingerprint density at radius 2 is 1.84 bits per heavy atom. The predicted octanol–water partition coefficient (Wildman–Crippen LogP) is 2.94. The highest BCUT2D eigenvalue weighted by Crippen LogP contribution is 2.28. The highest BCUT2D eigenvalue weighted by Gasteiger charge is 2.27. The summed E-state index contributed by atoms with van der Waals surface area (Å²) < 4.78 is 20.3. The number of amides is 1. The third kappa shape index (κ3) is 5.50. The van der Waals surface area contributed by atoms with Crippen LogP contribution in [0.5, 0.6) is 5.75 Å². The molecule has 1 saturated carbocycles. The zero-order valence-corrected chi connectivity index (χ0v) is 21.0. The molecule has 10 heteroatoms. The van der Waals surface area contributed by atoms with Crippen LogP contribution in [-0.2, 0) is 11.3 Å². The molecule has 1 aliphatic heterocycles. The third-order valence-corrected chi connectivity index (χ3v) is 7.39. The van der Waals surface area contributed by atoms with E-state index < -0.39 is 17.2 Å². The molecule has 3 aromatic rings. The minimum Gasteiger partial charge on any atom is -0.505 e. The molecule has 0 unspecified atom stereocenters. The molecule has 0 radical (unpaired) electrons. The van der Waals surface area contributed by atoms with Gasteiger partial charge in [0.05, 0.1) is 25.1 Å². The lowest BCUT2D eigenvalue weighted by Crippen LogP contribution is -2.42. The largest absolute Gasteiger partial charge is 0.505 e. The van der Waals surface area contributed by atoms with Gasteiger partial charge in [-0.2, -0.15) is 0 Å².